The first kappa shape index (κ1) is 12.0. The molecule has 0 saturated carbocycles. The summed E-state index contributed by atoms with van der Waals surface area (Å²) in [7, 11) is 0. The second-order valence-corrected chi connectivity index (χ2v) is 4.12. The molecule has 0 amide bonds. The van der Waals surface area contributed by atoms with E-state index in [1.807, 2.05) is 19.2 Å². The molecular formula is C12H21N3. The Morgan fingerprint density at radius 2 is 2.07 bits per heavy atom. The van der Waals surface area contributed by atoms with Crippen molar-refractivity contribution in [1.29, 1.82) is 0 Å². The maximum absolute atomic E-state index is 5.85. The summed E-state index contributed by atoms with van der Waals surface area (Å²) in [4.78, 5) is 6.64. The van der Waals surface area contributed by atoms with Gasteiger partial charge in [-0.25, -0.2) is 4.98 Å². The van der Waals surface area contributed by atoms with Crippen molar-refractivity contribution >= 4 is 5.82 Å². The van der Waals surface area contributed by atoms with Gasteiger partial charge in [-0.3, -0.25) is 0 Å². The molecule has 0 radical (unpaired) electrons. The van der Waals surface area contributed by atoms with Gasteiger partial charge in [-0.15, -0.1) is 0 Å². The molecule has 0 saturated heterocycles. The van der Waals surface area contributed by atoms with Crippen LogP contribution in [0, 0.1) is 0 Å². The van der Waals surface area contributed by atoms with E-state index in [9.17, 15) is 0 Å². The number of nitrogens with zero attached hydrogens (tertiary/aromatic N) is 2. The van der Waals surface area contributed by atoms with Gasteiger partial charge >= 0.3 is 0 Å². The third-order valence-corrected chi connectivity index (χ3v) is 2.55. The summed E-state index contributed by atoms with van der Waals surface area (Å²) in [5.74, 6) is 1.02. The largest absolute Gasteiger partial charge is 0.354 e. The lowest BCUT2D eigenvalue weighted by molar-refractivity contribution is 0.691. The van der Waals surface area contributed by atoms with E-state index < -0.39 is 0 Å². The lowest BCUT2D eigenvalue weighted by Crippen LogP contribution is -2.31. The molecule has 3 nitrogen and oxygen atoms in total. The highest BCUT2D eigenvalue weighted by molar-refractivity contribution is 5.42. The average molecular weight is 207 g/mol. The zero-order valence-corrected chi connectivity index (χ0v) is 10.1. The van der Waals surface area contributed by atoms with Gasteiger partial charge < -0.3 is 10.6 Å². The number of hydrogen-bond donors (Lipinski definition) is 1. The molecule has 15 heavy (non-hydrogen) atoms. The molecule has 3 heteroatoms. The van der Waals surface area contributed by atoms with E-state index >= 15 is 0 Å². The van der Waals surface area contributed by atoms with Gasteiger partial charge in [0.05, 0.1) is 0 Å². The first-order valence-electron chi connectivity index (χ1n) is 5.54. The van der Waals surface area contributed by atoms with Crippen LogP contribution in [-0.2, 0) is 0 Å². The van der Waals surface area contributed by atoms with Gasteiger partial charge in [0, 0.05) is 24.8 Å². The second kappa shape index (κ2) is 5.12. The molecule has 0 fully saturated rings. The number of aromatic nitrogens is 1. The van der Waals surface area contributed by atoms with Crippen molar-refractivity contribution in [2.24, 2.45) is 5.73 Å². The van der Waals surface area contributed by atoms with Crippen molar-refractivity contribution in [1.82, 2.24) is 4.98 Å². The maximum atomic E-state index is 5.85. The summed E-state index contributed by atoms with van der Waals surface area (Å²) < 4.78 is 0. The standard InChI is InChI=1S/C12H21N3/c1-5-15(9(2)3)12-8-11(10(4)13)6-7-14-12/h6-10H,5,13H2,1-4H3/t10-/m0/s1. The maximum Gasteiger partial charge on any atom is 0.129 e. The lowest BCUT2D eigenvalue weighted by atomic mass is 10.1. The van der Waals surface area contributed by atoms with Gasteiger partial charge in [-0.2, -0.15) is 0 Å². The van der Waals surface area contributed by atoms with E-state index in [2.05, 4.69) is 36.7 Å². The molecule has 0 aliphatic carbocycles. The molecule has 0 aliphatic rings. The Labute approximate surface area is 92.3 Å². The van der Waals surface area contributed by atoms with Crippen molar-refractivity contribution < 1.29 is 0 Å². The number of nitrogens with two attached hydrogens (primary N) is 1. The first-order valence-corrected chi connectivity index (χ1v) is 5.54. The number of pyridine rings is 1. The van der Waals surface area contributed by atoms with Crippen molar-refractivity contribution in [3.8, 4) is 0 Å². The summed E-state index contributed by atoms with van der Waals surface area (Å²) in [5.41, 5.74) is 6.99. The third-order valence-electron chi connectivity index (χ3n) is 2.55. The number of hydrogen-bond acceptors (Lipinski definition) is 3. The number of anilines is 1. The monoisotopic (exact) mass is 207 g/mol. The average Bonchev–Trinajstić information content (AvgIpc) is 2.18. The van der Waals surface area contributed by atoms with Crippen LogP contribution in [0.3, 0.4) is 0 Å². The quantitative estimate of drug-likeness (QED) is 0.824. The van der Waals surface area contributed by atoms with Crippen molar-refractivity contribution in [3.05, 3.63) is 23.9 Å². The Balaban J connectivity index is 2.98. The van der Waals surface area contributed by atoms with Crippen LogP contribution >= 0.6 is 0 Å². The molecule has 1 heterocycles. The summed E-state index contributed by atoms with van der Waals surface area (Å²) in [6, 6.07) is 4.58. The van der Waals surface area contributed by atoms with Crippen LogP contribution in [0.1, 0.15) is 39.3 Å². The third kappa shape index (κ3) is 2.93. The van der Waals surface area contributed by atoms with Crippen LogP contribution in [0.4, 0.5) is 5.82 Å². The minimum absolute atomic E-state index is 0.0672. The van der Waals surface area contributed by atoms with Gasteiger partial charge in [0.2, 0.25) is 0 Å². The highest BCUT2D eigenvalue weighted by atomic mass is 15.2. The normalized spacial score (nSPS) is 12.9. The summed E-state index contributed by atoms with van der Waals surface area (Å²) in [6.45, 7) is 9.44. The fourth-order valence-electron chi connectivity index (χ4n) is 1.67. The molecule has 0 unspecified atom stereocenters. The Bertz CT molecular complexity index is 307. The van der Waals surface area contributed by atoms with Gasteiger partial charge in [-0.1, -0.05) is 0 Å². The molecule has 0 spiro atoms. The van der Waals surface area contributed by atoms with E-state index in [-0.39, 0.29) is 6.04 Å². The molecule has 1 aromatic rings. The SMILES string of the molecule is CCN(c1cc([C@H](C)N)ccn1)C(C)C. The van der Waals surface area contributed by atoms with Gasteiger partial charge in [0.25, 0.3) is 0 Å². The van der Waals surface area contributed by atoms with Crippen LogP contribution in [0.15, 0.2) is 18.3 Å². The minimum atomic E-state index is 0.0672. The topological polar surface area (TPSA) is 42.1 Å². The highest BCUT2D eigenvalue weighted by Gasteiger charge is 2.10. The van der Waals surface area contributed by atoms with E-state index in [1.165, 1.54) is 0 Å². The van der Waals surface area contributed by atoms with Crippen molar-refractivity contribution in [3.63, 3.8) is 0 Å². The lowest BCUT2D eigenvalue weighted by Gasteiger charge is -2.26. The van der Waals surface area contributed by atoms with Gasteiger partial charge in [0.15, 0.2) is 0 Å². The van der Waals surface area contributed by atoms with Gasteiger partial charge in [-0.05, 0) is 45.4 Å². The number of rotatable bonds is 4. The molecule has 0 bridgehead atoms. The fraction of sp³-hybridized carbons (Fsp3) is 0.583. The zero-order chi connectivity index (χ0) is 11.4. The Hall–Kier alpha value is -1.09. The molecule has 84 valence electrons. The van der Waals surface area contributed by atoms with E-state index in [0.29, 0.717) is 6.04 Å². The Kier molecular flexibility index (Phi) is 4.09. The predicted molar refractivity (Wildman–Crippen MR) is 65.0 cm³/mol. The fourth-order valence-corrected chi connectivity index (χ4v) is 1.67. The predicted octanol–water partition coefficient (Wildman–Crippen LogP) is 2.34. The smallest absolute Gasteiger partial charge is 0.129 e. The van der Waals surface area contributed by atoms with E-state index in [1.54, 1.807) is 0 Å². The molecular weight excluding hydrogens is 186 g/mol. The molecule has 0 aliphatic heterocycles. The molecule has 1 atom stereocenters. The van der Waals surface area contributed by atoms with E-state index in [0.717, 1.165) is 17.9 Å². The first-order chi connectivity index (χ1) is 7.06. The van der Waals surface area contributed by atoms with Gasteiger partial charge in [0.1, 0.15) is 5.82 Å². The van der Waals surface area contributed by atoms with Crippen molar-refractivity contribution in [2.45, 2.75) is 39.8 Å². The van der Waals surface area contributed by atoms with Crippen LogP contribution in [0.2, 0.25) is 0 Å². The van der Waals surface area contributed by atoms with Crippen LogP contribution in [0.5, 0.6) is 0 Å². The molecule has 2 N–H and O–H groups in total. The van der Waals surface area contributed by atoms with Crippen LogP contribution in [-0.4, -0.2) is 17.6 Å². The zero-order valence-electron chi connectivity index (χ0n) is 10.1. The molecule has 1 aromatic heterocycles. The Morgan fingerprint density at radius 3 is 2.53 bits per heavy atom. The van der Waals surface area contributed by atoms with Crippen LogP contribution in [0.25, 0.3) is 0 Å². The van der Waals surface area contributed by atoms with E-state index in [4.69, 9.17) is 5.73 Å². The summed E-state index contributed by atoms with van der Waals surface area (Å²) in [6.07, 6.45) is 1.83. The van der Waals surface area contributed by atoms with Crippen LogP contribution < -0.4 is 10.6 Å². The Morgan fingerprint density at radius 1 is 1.40 bits per heavy atom. The minimum Gasteiger partial charge on any atom is -0.354 e. The molecule has 0 aromatic carbocycles. The van der Waals surface area contributed by atoms with Crippen molar-refractivity contribution in [2.75, 3.05) is 11.4 Å². The highest BCUT2D eigenvalue weighted by Crippen LogP contribution is 2.18. The summed E-state index contributed by atoms with van der Waals surface area (Å²) >= 11 is 0. The second-order valence-electron chi connectivity index (χ2n) is 4.12. The molecule has 1 rings (SSSR count). The summed E-state index contributed by atoms with van der Waals surface area (Å²) in [5, 5.41) is 0.